The van der Waals surface area contributed by atoms with Crippen molar-refractivity contribution in [1.82, 2.24) is 5.32 Å². The molecule has 0 aliphatic heterocycles. The normalized spacial score (nSPS) is 12.5. The molecule has 1 unspecified atom stereocenters. The van der Waals surface area contributed by atoms with Gasteiger partial charge in [0.1, 0.15) is 11.6 Å². The molecule has 0 saturated carbocycles. The Bertz CT molecular complexity index is 329. The van der Waals surface area contributed by atoms with Gasteiger partial charge in [-0.1, -0.05) is 13.3 Å². The summed E-state index contributed by atoms with van der Waals surface area (Å²) in [4.78, 5) is 0. The van der Waals surface area contributed by atoms with Crippen molar-refractivity contribution in [1.29, 1.82) is 0 Å². The second kappa shape index (κ2) is 6.43. The van der Waals surface area contributed by atoms with Gasteiger partial charge in [-0.25, -0.2) is 8.78 Å². The molecule has 0 amide bonds. The first-order chi connectivity index (χ1) is 7.67. The third kappa shape index (κ3) is 3.77. The summed E-state index contributed by atoms with van der Waals surface area (Å²) < 4.78 is 26.1. The van der Waals surface area contributed by atoms with Crippen molar-refractivity contribution in [3.63, 3.8) is 0 Å². The lowest BCUT2D eigenvalue weighted by molar-refractivity contribution is 0.504. The predicted octanol–water partition coefficient (Wildman–Crippen LogP) is 2.62. The molecule has 2 N–H and O–H groups in total. The van der Waals surface area contributed by atoms with E-state index in [0.29, 0.717) is 12.5 Å². The van der Waals surface area contributed by atoms with Crippen LogP contribution in [-0.2, 0) is 0 Å². The van der Waals surface area contributed by atoms with E-state index in [9.17, 15) is 8.78 Å². The van der Waals surface area contributed by atoms with Crippen LogP contribution in [0.2, 0.25) is 0 Å². The molecule has 0 aromatic heterocycles. The Morgan fingerprint density at radius 3 is 2.62 bits per heavy atom. The number of hydrogen-bond donors (Lipinski definition) is 2. The van der Waals surface area contributed by atoms with Gasteiger partial charge in [0.2, 0.25) is 0 Å². The van der Waals surface area contributed by atoms with E-state index < -0.39 is 11.6 Å². The van der Waals surface area contributed by atoms with Crippen LogP contribution in [0.1, 0.15) is 13.3 Å². The minimum atomic E-state index is -0.425. The van der Waals surface area contributed by atoms with Gasteiger partial charge in [-0.15, -0.1) is 0 Å². The van der Waals surface area contributed by atoms with E-state index in [4.69, 9.17) is 0 Å². The van der Waals surface area contributed by atoms with Crippen molar-refractivity contribution in [2.45, 2.75) is 13.3 Å². The van der Waals surface area contributed by atoms with E-state index in [-0.39, 0.29) is 5.69 Å². The van der Waals surface area contributed by atoms with Crippen LogP contribution in [0.5, 0.6) is 0 Å². The third-order valence-corrected chi connectivity index (χ3v) is 2.58. The van der Waals surface area contributed by atoms with Gasteiger partial charge in [-0.05, 0) is 37.7 Å². The molecule has 0 heterocycles. The van der Waals surface area contributed by atoms with Gasteiger partial charge >= 0.3 is 0 Å². The van der Waals surface area contributed by atoms with Gasteiger partial charge in [0.15, 0.2) is 0 Å². The standard InChI is InChI=1S/C12H18F2N2/c1-3-9(7-15-2)8-16-12-6-10(13)4-5-11(12)14/h4-6,9,15-16H,3,7-8H2,1-2H3. The van der Waals surface area contributed by atoms with Gasteiger partial charge < -0.3 is 10.6 Å². The Morgan fingerprint density at radius 1 is 1.25 bits per heavy atom. The maximum atomic E-state index is 13.3. The van der Waals surface area contributed by atoms with Crippen molar-refractivity contribution < 1.29 is 8.78 Å². The van der Waals surface area contributed by atoms with Crippen molar-refractivity contribution in [2.24, 2.45) is 5.92 Å². The van der Waals surface area contributed by atoms with Gasteiger partial charge in [0.05, 0.1) is 5.69 Å². The molecule has 4 heteroatoms. The summed E-state index contributed by atoms with van der Waals surface area (Å²) in [7, 11) is 1.88. The summed E-state index contributed by atoms with van der Waals surface area (Å²) in [6.07, 6.45) is 0.991. The van der Waals surface area contributed by atoms with Crippen molar-refractivity contribution in [3.05, 3.63) is 29.8 Å². The first-order valence-corrected chi connectivity index (χ1v) is 5.50. The van der Waals surface area contributed by atoms with E-state index >= 15 is 0 Å². The van der Waals surface area contributed by atoms with E-state index in [0.717, 1.165) is 25.1 Å². The average Bonchev–Trinajstić information content (AvgIpc) is 2.28. The quantitative estimate of drug-likeness (QED) is 0.782. The molecule has 0 radical (unpaired) electrons. The summed E-state index contributed by atoms with van der Waals surface area (Å²) in [6.45, 7) is 3.57. The predicted molar refractivity (Wildman–Crippen MR) is 62.6 cm³/mol. The number of hydrogen-bond acceptors (Lipinski definition) is 2. The lowest BCUT2D eigenvalue weighted by Gasteiger charge is -2.16. The van der Waals surface area contributed by atoms with Crippen LogP contribution in [0.4, 0.5) is 14.5 Å². The lowest BCUT2D eigenvalue weighted by Crippen LogP contribution is -2.25. The topological polar surface area (TPSA) is 24.1 Å². The van der Waals surface area contributed by atoms with Gasteiger partial charge in [0, 0.05) is 6.54 Å². The number of halogens is 2. The molecule has 1 rings (SSSR count). The Kier molecular flexibility index (Phi) is 5.19. The maximum absolute atomic E-state index is 13.3. The van der Waals surface area contributed by atoms with Crippen LogP contribution in [0, 0.1) is 17.6 Å². The largest absolute Gasteiger partial charge is 0.382 e. The fourth-order valence-corrected chi connectivity index (χ4v) is 1.54. The van der Waals surface area contributed by atoms with E-state index in [2.05, 4.69) is 17.6 Å². The molecule has 90 valence electrons. The molecule has 1 atom stereocenters. The zero-order chi connectivity index (χ0) is 12.0. The average molecular weight is 228 g/mol. The Morgan fingerprint density at radius 2 is 2.00 bits per heavy atom. The van der Waals surface area contributed by atoms with Crippen LogP contribution in [0.15, 0.2) is 18.2 Å². The zero-order valence-corrected chi connectivity index (χ0v) is 9.69. The molecule has 0 bridgehead atoms. The van der Waals surface area contributed by atoms with Crippen LogP contribution < -0.4 is 10.6 Å². The Hall–Kier alpha value is -1.16. The number of benzene rings is 1. The maximum Gasteiger partial charge on any atom is 0.146 e. The number of nitrogens with one attached hydrogen (secondary N) is 2. The van der Waals surface area contributed by atoms with Crippen LogP contribution in [0.3, 0.4) is 0 Å². The summed E-state index contributed by atoms with van der Waals surface area (Å²) >= 11 is 0. The first-order valence-electron chi connectivity index (χ1n) is 5.50. The molecule has 0 spiro atoms. The summed E-state index contributed by atoms with van der Waals surface area (Å²) in [5.74, 6) is -0.432. The SMILES string of the molecule is CCC(CNC)CNc1cc(F)ccc1F. The summed E-state index contributed by atoms with van der Waals surface area (Å²) in [5.41, 5.74) is 0.231. The van der Waals surface area contributed by atoms with E-state index in [1.807, 2.05) is 7.05 Å². The highest BCUT2D eigenvalue weighted by atomic mass is 19.1. The molecule has 0 fully saturated rings. The molecule has 0 aliphatic rings. The highest BCUT2D eigenvalue weighted by molar-refractivity contribution is 5.44. The lowest BCUT2D eigenvalue weighted by atomic mass is 10.1. The Labute approximate surface area is 95.1 Å². The number of anilines is 1. The zero-order valence-electron chi connectivity index (χ0n) is 9.69. The van der Waals surface area contributed by atoms with E-state index in [1.165, 1.54) is 6.07 Å². The second-order valence-corrected chi connectivity index (χ2v) is 3.84. The second-order valence-electron chi connectivity index (χ2n) is 3.84. The Balaban J connectivity index is 2.55. The van der Waals surface area contributed by atoms with Gasteiger partial charge in [-0.3, -0.25) is 0 Å². The minimum Gasteiger partial charge on any atom is -0.382 e. The molecular weight excluding hydrogens is 210 g/mol. The van der Waals surface area contributed by atoms with Crippen LogP contribution in [-0.4, -0.2) is 20.1 Å². The van der Waals surface area contributed by atoms with Gasteiger partial charge in [-0.2, -0.15) is 0 Å². The van der Waals surface area contributed by atoms with Gasteiger partial charge in [0.25, 0.3) is 0 Å². The fraction of sp³-hybridized carbons (Fsp3) is 0.500. The van der Waals surface area contributed by atoms with Crippen LogP contribution in [0.25, 0.3) is 0 Å². The molecule has 1 aromatic rings. The van der Waals surface area contributed by atoms with Crippen molar-refractivity contribution in [2.75, 3.05) is 25.5 Å². The highest BCUT2D eigenvalue weighted by Gasteiger charge is 2.07. The number of rotatable bonds is 6. The molecule has 16 heavy (non-hydrogen) atoms. The summed E-state index contributed by atoms with van der Waals surface area (Å²) in [5, 5.41) is 6.01. The molecule has 2 nitrogen and oxygen atoms in total. The van der Waals surface area contributed by atoms with E-state index in [1.54, 1.807) is 0 Å². The molecule has 1 aromatic carbocycles. The fourth-order valence-electron chi connectivity index (χ4n) is 1.54. The molecule has 0 aliphatic carbocycles. The smallest absolute Gasteiger partial charge is 0.146 e. The van der Waals surface area contributed by atoms with Crippen molar-refractivity contribution in [3.8, 4) is 0 Å². The third-order valence-electron chi connectivity index (χ3n) is 2.58. The molecule has 0 saturated heterocycles. The first kappa shape index (κ1) is 12.9. The molecular formula is C12H18F2N2. The highest BCUT2D eigenvalue weighted by Crippen LogP contribution is 2.16. The van der Waals surface area contributed by atoms with Crippen LogP contribution >= 0.6 is 0 Å². The monoisotopic (exact) mass is 228 g/mol. The van der Waals surface area contributed by atoms with Crippen molar-refractivity contribution >= 4 is 5.69 Å². The minimum absolute atomic E-state index is 0.231. The summed E-state index contributed by atoms with van der Waals surface area (Å²) in [6, 6.07) is 3.43.